The van der Waals surface area contributed by atoms with Crippen molar-refractivity contribution in [3.05, 3.63) is 33.2 Å². The van der Waals surface area contributed by atoms with E-state index in [4.69, 9.17) is 5.73 Å². The van der Waals surface area contributed by atoms with Gasteiger partial charge in [0.05, 0.1) is 12.8 Å². The summed E-state index contributed by atoms with van der Waals surface area (Å²) in [5.41, 5.74) is 3.47. The van der Waals surface area contributed by atoms with Crippen LogP contribution in [-0.2, 0) is 11.3 Å². The third kappa shape index (κ3) is 2.25. The van der Waals surface area contributed by atoms with E-state index in [1.165, 1.54) is 0 Å². The summed E-state index contributed by atoms with van der Waals surface area (Å²) >= 11 is 0. The molecule has 88 valence electrons. The lowest BCUT2D eigenvalue weighted by Gasteiger charge is -2.07. The van der Waals surface area contributed by atoms with Crippen molar-refractivity contribution in [1.82, 2.24) is 4.98 Å². The number of hydrogen-bond acceptors (Lipinski definition) is 4. The average Bonchev–Trinajstić information content (AvgIpc) is 2.26. The van der Waals surface area contributed by atoms with Gasteiger partial charge in [-0.05, 0) is 11.6 Å². The molecule has 5 nitrogen and oxygen atoms in total. The van der Waals surface area contributed by atoms with Crippen molar-refractivity contribution in [2.75, 3.05) is 7.11 Å². The summed E-state index contributed by atoms with van der Waals surface area (Å²) in [4.78, 5) is 24.5. The molecular weight excluding hydrogens is 222 g/mol. The Labute approximate surface area is 89.2 Å². The van der Waals surface area contributed by atoms with Crippen molar-refractivity contribution in [3.63, 3.8) is 0 Å². The molecule has 0 fully saturated rings. The van der Waals surface area contributed by atoms with Crippen LogP contribution in [0.15, 0.2) is 10.9 Å². The molecule has 1 aromatic rings. The summed E-state index contributed by atoms with van der Waals surface area (Å²) < 4.78 is 29.1. The number of H-pyrrole nitrogens is 1. The first kappa shape index (κ1) is 12.3. The number of hydrogen-bond donors (Lipinski definition) is 2. The lowest BCUT2D eigenvalue weighted by atomic mass is 10.1. The van der Waals surface area contributed by atoms with Crippen LogP contribution in [0.2, 0.25) is 0 Å². The maximum Gasteiger partial charge on any atom is 0.343 e. The zero-order valence-corrected chi connectivity index (χ0v) is 8.42. The highest BCUT2D eigenvalue weighted by Crippen LogP contribution is 2.17. The van der Waals surface area contributed by atoms with Crippen molar-refractivity contribution in [2.45, 2.75) is 13.0 Å². The molecule has 0 radical (unpaired) electrons. The van der Waals surface area contributed by atoms with Crippen molar-refractivity contribution < 1.29 is 18.3 Å². The monoisotopic (exact) mass is 232 g/mol. The fraction of sp³-hybridized carbons (Fsp3) is 0.333. The second kappa shape index (κ2) is 4.84. The molecule has 0 unspecified atom stereocenters. The number of aromatic nitrogens is 1. The van der Waals surface area contributed by atoms with Gasteiger partial charge >= 0.3 is 5.97 Å². The molecule has 7 heteroatoms. The molecule has 1 aromatic heterocycles. The van der Waals surface area contributed by atoms with Crippen LogP contribution in [0.25, 0.3) is 0 Å². The second-order valence-corrected chi connectivity index (χ2v) is 2.95. The van der Waals surface area contributed by atoms with Gasteiger partial charge in [-0.15, -0.1) is 0 Å². The van der Waals surface area contributed by atoms with Gasteiger partial charge in [0.1, 0.15) is 5.56 Å². The second-order valence-electron chi connectivity index (χ2n) is 2.95. The van der Waals surface area contributed by atoms with Crippen molar-refractivity contribution in [3.8, 4) is 0 Å². The number of nitrogens with one attached hydrogen (secondary N) is 1. The van der Waals surface area contributed by atoms with Crippen LogP contribution in [0.5, 0.6) is 0 Å². The molecule has 0 aliphatic carbocycles. The minimum Gasteiger partial charge on any atom is -0.465 e. The summed E-state index contributed by atoms with van der Waals surface area (Å²) in [5.74, 6) is -0.900. The molecule has 0 spiro atoms. The Bertz CT molecular complexity index is 457. The van der Waals surface area contributed by atoms with Crippen molar-refractivity contribution >= 4 is 5.97 Å². The predicted molar refractivity (Wildman–Crippen MR) is 51.3 cm³/mol. The van der Waals surface area contributed by atoms with E-state index < -0.39 is 23.6 Å². The van der Waals surface area contributed by atoms with Crippen LogP contribution in [0.4, 0.5) is 8.78 Å². The third-order valence-corrected chi connectivity index (χ3v) is 1.98. The topological polar surface area (TPSA) is 85.2 Å². The van der Waals surface area contributed by atoms with Gasteiger partial charge in [-0.25, -0.2) is 13.6 Å². The van der Waals surface area contributed by atoms with E-state index in [1.54, 1.807) is 0 Å². The normalized spacial score (nSPS) is 10.6. The number of rotatable bonds is 3. The quantitative estimate of drug-likeness (QED) is 0.745. The van der Waals surface area contributed by atoms with Crippen LogP contribution in [0, 0.1) is 0 Å². The van der Waals surface area contributed by atoms with Gasteiger partial charge < -0.3 is 15.5 Å². The minimum absolute atomic E-state index is 0.0332. The Morgan fingerprint density at radius 3 is 2.69 bits per heavy atom. The molecule has 0 atom stereocenters. The highest BCUT2D eigenvalue weighted by atomic mass is 19.3. The first-order valence-corrected chi connectivity index (χ1v) is 4.33. The van der Waals surface area contributed by atoms with E-state index in [0.717, 1.165) is 13.2 Å². The maximum absolute atomic E-state index is 12.4. The van der Waals surface area contributed by atoms with Crippen LogP contribution in [-0.4, -0.2) is 18.1 Å². The average molecular weight is 232 g/mol. The molecule has 0 aliphatic rings. The van der Waals surface area contributed by atoms with Gasteiger partial charge in [0, 0.05) is 6.54 Å². The van der Waals surface area contributed by atoms with Crippen LogP contribution < -0.4 is 11.3 Å². The molecule has 0 aliphatic heterocycles. The third-order valence-electron chi connectivity index (χ3n) is 1.98. The van der Waals surface area contributed by atoms with E-state index >= 15 is 0 Å². The molecule has 0 saturated heterocycles. The number of ether oxygens (including phenoxy) is 1. The fourth-order valence-corrected chi connectivity index (χ4v) is 1.24. The van der Waals surface area contributed by atoms with E-state index in [0.29, 0.717) is 0 Å². The summed E-state index contributed by atoms with van der Waals surface area (Å²) in [7, 11) is 1.09. The Morgan fingerprint density at radius 1 is 1.62 bits per heavy atom. The Balaban J connectivity index is 3.40. The summed E-state index contributed by atoms with van der Waals surface area (Å²) in [6.07, 6.45) is -2.83. The highest BCUT2D eigenvalue weighted by Gasteiger charge is 2.19. The summed E-state index contributed by atoms with van der Waals surface area (Å²) in [6.45, 7) is -0.200. The van der Waals surface area contributed by atoms with Gasteiger partial charge in [-0.2, -0.15) is 0 Å². The standard InChI is InChI=1S/C9H10F2N2O3/c1-16-9(15)6-4(3-12)2-5(7(10)11)13-8(6)14/h2,7H,3,12H2,1H3,(H,13,14). The lowest BCUT2D eigenvalue weighted by Crippen LogP contribution is -2.24. The number of aromatic amines is 1. The number of carbonyl (C=O) groups excluding carboxylic acids is 1. The number of alkyl halides is 2. The van der Waals surface area contributed by atoms with Gasteiger partial charge in [0.2, 0.25) is 0 Å². The Hall–Kier alpha value is -1.76. The van der Waals surface area contributed by atoms with E-state index in [9.17, 15) is 18.4 Å². The van der Waals surface area contributed by atoms with Crippen LogP contribution in [0.3, 0.4) is 0 Å². The predicted octanol–water partition coefficient (Wildman–Crippen LogP) is 0.558. The van der Waals surface area contributed by atoms with E-state index in [-0.39, 0.29) is 17.7 Å². The number of halogens is 2. The zero-order chi connectivity index (χ0) is 12.3. The minimum atomic E-state index is -2.83. The molecule has 0 bridgehead atoms. The van der Waals surface area contributed by atoms with Gasteiger partial charge in [0.25, 0.3) is 12.0 Å². The lowest BCUT2D eigenvalue weighted by molar-refractivity contribution is 0.0596. The number of esters is 1. The summed E-state index contributed by atoms with van der Waals surface area (Å²) in [6, 6.07) is 0.984. The first-order valence-electron chi connectivity index (χ1n) is 4.33. The highest BCUT2D eigenvalue weighted by molar-refractivity contribution is 5.90. The van der Waals surface area contributed by atoms with Crippen LogP contribution in [0.1, 0.15) is 28.0 Å². The number of carbonyl (C=O) groups is 1. The number of methoxy groups -OCH3 is 1. The largest absolute Gasteiger partial charge is 0.465 e. The Morgan fingerprint density at radius 2 is 2.25 bits per heavy atom. The summed E-state index contributed by atoms with van der Waals surface area (Å²) in [5, 5.41) is 0. The molecule has 0 saturated carbocycles. The molecule has 0 amide bonds. The fourth-order valence-electron chi connectivity index (χ4n) is 1.24. The molecule has 1 rings (SSSR count). The van der Waals surface area contributed by atoms with Gasteiger partial charge in [-0.3, -0.25) is 4.79 Å². The number of nitrogens with two attached hydrogens (primary N) is 1. The van der Waals surface area contributed by atoms with Gasteiger partial charge in [0.15, 0.2) is 0 Å². The SMILES string of the molecule is COC(=O)c1c(CN)cc(C(F)F)[nH]c1=O. The van der Waals surface area contributed by atoms with E-state index in [1.807, 2.05) is 4.98 Å². The van der Waals surface area contributed by atoms with Crippen molar-refractivity contribution in [1.29, 1.82) is 0 Å². The van der Waals surface area contributed by atoms with Crippen molar-refractivity contribution in [2.24, 2.45) is 5.73 Å². The number of pyridine rings is 1. The molecule has 1 heterocycles. The smallest absolute Gasteiger partial charge is 0.343 e. The molecule has 16 heavy (non-hydrogen) atoms. The zero-order valence-electron chi connectivity index (χ0n) is 8.42. The van der Waals surface area contributed by atoms with E-state index in [2.05, 4.69) is 4.74 Å². The molecular formula is C9H10F2N2O3. The maximum atomic E-state index is 12.4. The first-order chi connectivity index (χ1) is 7.51. The molecule has 3 N–H and O–H groups in total. The van der Waals surface area contributed by atoms with Crippen LogP contribution >= 0.6 is 0 Å². The molecule has 0 aromatic carbocycles. The Kier molecular flexibility index (Phi) is 3.73. The van der Waals surface area contributed by atoms with Gasteiger partial charge in [-0.1, -0.05) is 0 Å².